The molecule has 6 heteroatoms. The summed E-state index contributed by atoms with van der Waals surface area (Å²) in [5.74, 6) is 0.850. The molecule has 5 nitrogen and oxygen atoms in total. The third kappa shape index (κ3) is 4.00. The standard InChI is InChI=1S/C18H24N2O3Si/c1-18(2,3)24(5,6)23-14-9-7-13(8-10-14)16-19-12-11-15(20-16)17(21)22-4/h7-12H,1-6H3. The first-order valence-electron chi connectivity index (χ1n) is 7.85. The average Bonchev–Trinajstić information content (AvgIpc) is 2.53. The van der Waals surface area contributed by atoms with E-state index < -0.39 is 14.3 Å². The van der Waals surface area contributed by atoms with Crippen LogP contribution in [-0.4, -0.2) is 31.4 Å². The first-order chi connectivity index (χ1) is 11.1. The van der Waals surface area contributed by atoms with Crippen molar-refractivity contribution < 1.29 is 14.0 Å². The SMILES string of the molecule is COC(=O)c1ccnc(-c2ccc(O[Si](C)(C)C(C)(C)C)cc2)n1. The lowest BCUT2D eigenvalue weighted by Crippen LogP contribution is -2.43. The molecule has 24 heavy (non-hydrogen) atoms. The Bertz CT molecular complexity index is 722. The zero-order chi connectivity index (χ0) is 18.0. The maximum Gasteiger partial charge on any atom is 0.356 e. The van der Waals surface area contributed by atoms with Gasteiger partial charge in [-0.15, -0.1) is 0 Å². The monoisotopic (exact) mass is 344 g/mol. The number of carbonyl (C=O) groups is 1. The number of methoxy groups -OCH3 is 1. The molecule has 0 bridgehead atoms. The van der Waals surface area contributed by atoms with E-state index in [1.165, 1.54) is 13.2 Å². The van der Waals surface area contributed by atoms with Crippen LogP contribution in [0.25, 0.3) is 11.4 Å². The predicted octanol–water partition coefficient (Wildman–Crippen LogP) is 4.31. The van der Waals surface area contributed by atoms with Gasteiger partial charge in [0.2, 0.25) is 8.32 Å². The van der Waals surface area contributed by atoms with E-state index in [4.69, 9.17) is 4.43 Å². The number of esters is 1. The van der Waals surface area contributed by atoms with Gasteiger partial charge in [-0.25, -0.2) is 14.8 Å². The summed E-state index contributed by atoms with van der Waals surface area (Å²) in [6.45, 7) is 11.0. The Hall–Kier alpha value is -2.21. The molecule has 0 aliphatic heterocycles. The molecule has 0 saturated carbocycles. The summed E-state index contributed by atoms with van der Waals surface area (Å²) >= 11 is 0. The molecule has 0 amide bonds. The number of ether oxygens (including phenoxy) is 1. The molecule has 2 aromatic rings. The van der Waals surface area contributed by atoms with Crippen molar-refractivity contribution in [2.24, 2.45) is 0 Å². The minimum Gasteiger partial charge on any atom is -0.544 e. The number of hydrogen-bond donors (Lipinski definition) is 0. The van der Waals surface area contributed by atoms with Gasteiger partial charge in [-0.3, -0.25) is 0 Å². The van der Waals surface area contributed by atoms with Crippen LogP contribution in [0.15, 0.2) is 36.5 Å². The number of rotatable bonds is 4. The fourth-order valence-electron chi connectivity index (χ4n) is 1.84. The van der Waals surface area contributed by atoms with E-state index in [2.05, 4.69) is 48.6 Å². The maximum atomic E-state index is 11.6. The Balaban J connectivity index is 2.23. The Morgan fingerprint density at radius 3 is 2.25 bits per heavy atom. The largest absolute Gasteiger partial charge is 0.544 e. The molecular weight excluding hydrogens is 320 g/mol. The van der Waals surface area contributed by atoms with Gasteiger partial charge in [0, 0.05) is 11.8 Å². The highest BCUT2D eigenvalue weighted by molar-refractivity contribution is 6.74. The molecular formula is C18H24N2O3Si. The minimum atomic E-state index is -1.86. The quantitative estimate of drug-likeness (QED) is 0.611. The van der Waals surface area contributed by atoms with Crippen molar-refractivity contribution in [1.82, 2.24) is 9.97 Å². The van der Waals surface area contributed by atoms with Crippen LogP contribution in [-0.2, 0) is 4.74 Å². The summed E-state index contributed by atoms with van der Waals surface area (Å²) in [7, 11) is -0.533. The van der Waals surface area contributed by atoms with Gasteiger partial charge in [0.05, 0.1) is 7.11 Å². The molecule has 0 unspecified atom stereocenters. The van der Waals surface area contributed by atoms with Crippen LogP contribution in [0.1, 0.15) is 31.3 Å². The Morgan fingerprint density at radius 2 is 1.71 bits per heavy atom. The van der Waals surface area contributed by atoms with Gasteiger partial charge < -0.3 is 9.16 Å². The number of benzene rings is 1. The van der Waals surface area contributed by atoms with Crippen molar-refractivity contribution in [3.8, 4) is 17.1 Å². The molecule has 0 spiro atoms. The Labute approximate surface area is 144 Å². The van der Waals surface area contributed by atoms with Gasteiger partial charge in [0.15, 0.2) is 11.5 Å². The van der Waals surface area contributed by atoms with Crippen molar-refractivity contribution in [3.63, 3.8) is 0 Å². The van der Waals surface area contributed by atoms with E-state index in [-0.39, 0.29) is 10.7 Å². The van der Waals surface area contributed by atoms with Crippen LogP contribution in [0, 0.1) is 0 Å². The van der Waals surface area contributed by atoms with Crippen LogP contribution in [0.3, 0.4) is 0 Å². The number of aromatic nitrogens is 2. The third-order valence-electron chi connectivity index (χ3n) is 4.34. The van der Waals surface area contributed by atoms with Crippen molar-refractivity contribution >= 4 is 14.3 Å². The highest BCUT2D eigenvalue weighted by atomic mass is 28.4. The van der Waals surface area contributed by atoms with Crippen LogP contribution >= 0.6 is 0 Å². The van der Waals surface area contributed by atoms with Gasteiger partial charge in [-0.05, 0) is 48.5 Å². The van der Waals surface area contributed by atoms with E-state index >= 15 is 0 Å². The fraction of sp³-hybridized carbons (Fsp3) is 0.389. The highest BCUT2D eigenvalue weighted by Crippen LogP contribution is 2.37. The summed E-state index contributed by atoms with van der Waals surface area (Å²) in [6.07, 6.45) is 1.55. The van der Waals surface area contributed by atoms with E-state index in [0.717, 1.165) is 11.3 Å². The maximum absolute atomic E-state index is 11.6. The van der Waals surface area contributed by atoms with Crippen LogP contribution in [0.4, 0.5) is 0 Å². The predicted molar refractivity (Wildman–Crippen MR) is 96.6 cm³/mol. The lowest BCUT2D eigenvalue weighted by atomic mass is 10.2. The third-order valence-corrected chi connectivity index (χ3v) is 8.70. The van der Waals surface area contributed by atoms with Gasteiger partial charge in [-0.1, -0.05) is 20.8 Å². The van der Waals surface area contributed by atoms with Crippen molar-refractivity contribution in [2.75, 3.05) is 7.11 Å². The second-order valence-corrected chi connectivity index (χ2v) is 11.9. The van der Waals surface area contributed by atoms with Gasteiger partial charge in [0.25, 0.3) is 0 Å². The summed E-state index contributed by atoms with van der Waals surface area (Å²) < 4.78 is 10.9. The van der Waals surface area contributed by atoms with Crippen molar-refractivity contribution in [1.29, 1.82) is 0 Å². The fourth-order valence-corrected chi connectivity index (χ4v) is 2.87. The summed E-state index contributed by atoms with van der Waals surface area (Å²) in [5, 5.41) is 0.142. The first kappa shape index (κ1) is 18.1. The molecule has 0 fully saturated rings. The molecule has 2 rings (SSSR count). The molecule has 1 heterocycles. The molecule has 0 saturated heterocycles. The Kier molecular flexibility index (Phi) is 5.08. The topological polar surface area (TPSA) is 61.3 Å². The van der Waals surface area contributed by atoms with Crippen LogP contribution in [0.5, 0.6) is 5.75 Å². The smallest absolute Gasteiger partial charge is 0.356 e. The van der Waals surface area contributed by atoms with Gasteiger partial charge >= 0.3 is 5.97 Å². The molecule has 1 aromatic heterocycles. The zero-order valence-electron chi connectivity index (χ0n) is 15.1. The van der Waals surface area contributed by atoms with Crippen molar-refractivity contribution in [3.05, 3.63) is 42.2 Å². The lowest BCUT2D eigenvalue weighted by Gasteiger charge is -2.36. The van der Waals surface area contributed by atoms with Gasteiger partial charge in [0.1, 0.15) is 5.75 Å². The molecule has 0 aliphatic rings. The Morgan fingerprint density at radius 1 is 1.08 bits per heavy atom. The average molecular weight is 344 g/mol. The molecule has 0 aliphatic carbocycles. The normalized spacial score (nSPS) is 11.9. The van der Waals surface area contributed by atoms with Crippen LogP contribution < -0.4 is 4.43 Å². The van der Waals surface area contributed by atoms with E-state index in [9.17, 15) is 4.79 Å². The zero-order valence-corrected chi connectivity index (χ0v) is 16.1. The molecule has 128 valence electrons. The molecule has 0 radical (unpaired) electrons. The van der Waals surface area contributed by atoms with Crippen LogP contribution in [0.2, 0.25) is 18.1 Å². The number of hydrogen-bond acceptors (Lipinski definition) is 5. The minimum absolute atomic E-state index is 0.142. The summed E-state index contributed by atoms with van der Waals surface area (Å²) in [4.78, 5) is 20.0. The lowest BCUT2D eigenvalue weighted by molar-refractivity contribution is 0.0594. The van der Waals surface area contributed by atoms with E-state index in [0.29, 0.717) is 5.82 Å². The second-order valence-electron chi connectivity index (χ2n) is 7.14. The number of nitrogens with zero attached hydrogens (tertiary/aromatic N) is 2. The van der Waals surface area contributed by atoms with Gasteiger partial charge in [-0.2, -0.15) is 0 Å². The second kappa shape index (κ2) is 6.73. The summed E-state index contributed by atoms with van der Waals surface area (Å²) in [5.41, 5.74) is 1.06. The molecule has 1 aromatic carbocycles. The van der Waals surface area contributed by atoms with Crippen molar-refractivity contribution in [2.45, 2.75) is 38.9 Å². The number of carbonyl (C=O) groups excluding carboxylic acids is 1. The van der Waals surface area contributed by atoms with E-state index in [1.54, 1.807) is 6.20 Å². The molecule has 0 atom stereocenters. The van der Waals surface area contributed by atoms with E-state index in [1.807, 2.05) is 24.3 Å². The first-order valence-corrected chi connectivity index (χ1v) is 10.8. The highest BCUT2D eigenvalue weighted by Gasteiger charge is 2.38. The molecule has 0 N–H and O–H groups in total. The summed E-state index contributed by atoms with van der Waals surface area (Å²) in [6, 6.07) is 9.18.